The average molecular weight is 254 g/mol. The van der Waals surface area contributed by atoms with Gasteiger partial charge in [0.25, 0.3) is 0 Å². The molecule has 0 saturated carbocycles. The molecule has 2 unspecified atom stereocenters. The summed E-state index contributed by atoms with van der Waals surface area (Å²) >= 11 is 1.71. The lowest BCUT2D eigenvalue weighted by molar-refractivity contribution is -0.123. The van der Waals surface area contributed by atoms with E-state index in [9.17, 15) is 4.79 Å². The highest BCUT2D eigenvalue weighted by Gasteiger charge is 2.17. The minimum absolute atomic E-state index is 0.0391. The highest BCUT2D eigenvalue weighted by molar-refractivity contribution is 7.09. The molecule has 96 valence electrons. The summed E-state index contributed by atoms with van der Waals surface area (Å²) in [4.78, 5) is 13.1. The zero-order valence-corrected chi connectivity index (χ0v) is 11.6. The number of nitrogens with one attached hydrogen (secondary N) is 1. The van der Waals surface area contributed by atoms with E-state index in [1.807, 2.05) is 18.4 Å². The van der Waals surface area contributed by atoms with Gasteiger partial charge in [-0.25, -0.2) is 0 Å². The summed E-state index contributed by atoms with van der Waals surface area (Å²) in [5, 5.41) is 5.02. The molecule has 2 atom stereocenters. The van der Waals surface area contributed by atoms with Crippen LogP contribution in [0.5, 0.6) is 0 Å². The van der Waals surface area contributed by atoms with Crippen molar-refractivity contribution in [3.63, 3.8) is 0 Å². The smallest absolute Gasteiger partial charge is 0.237 e. The van der Waals surface area contributed by atoms with Gasteiger partial charge in [0.1, 0.15) is 0 Å². The van der Waals surface area contributed by atoms with Crippen LogP contribution in [0.4, 0.5) is 0 Å². The molecule has 0 radical (unpaired) electrons. The lowest BCUT2D eigenvalue weighted by Gasteiger charge is -2.18. The molecule has 0 aliphatic heterocycles. The van der Waals surface area contributed by atoms with Gasteiger partial charge in [-0.05, 0) is 30.7 Å². The predicted octanol–water partition coefficient (Wildman–Crippen LogP) is 2.17. The summed E-state index contributed by atoms with van der Waals surface area (Å²) in [5.41, 5.74) is 5.83. The molecule has 0 bridgehead atoms. The summed E-state index contributed by atoms with van der Waals surface area (Å²) < 4.78 is 0. The van der Waals surface area contributed by atoms with Gasteiger partial charge in [-0.15, -0.1) is 11.3 Å². The van der Waals surface area contributed by atoms with Crippen LogP contribution in [-0.2, 0) is 11.2 Å². The van der Waals surface area contributed by atoms with Crippen molar-refractivity contribution in [3.8, 4) is 0 Å². The Morgan fingerprint density at radius 1 is 1.47 bits per heavy atom. The fraction of sp³-hybridized carbons (Fsp3) is 0.615. The molecule has 0 aromatic carbocycles. The molecule has 1 heterocycles. The molecule has 1 rings (SSSR count). The molecule has 1 amide bonds. The second-order valence-corrected chi connectivity index (χ2v) is 5.96. The lowest BCUT2D eigenvalue weighted by Crippen LogP contribution is -2.45. The van der Waals surface area contributed by atoms with E-state index in [1.54, 1.807) is 11.3 Å². The fourth-order valence-corrected chi connectivity index (χ4v) is 2.58. The van der Waals surface area contributed by atoms with Gasteiger partial charge in [-0.3, -0.25) is 4.79 Å². The van der Waals surface area contributed by atoms with Gasteiger partial charge in [-0.2, -0.15) is 0 Å². The van der Waals surface area contributed by atoms with Crippen LogP contribution in [0.25, 0.3) is 0 Å². The van der Waals surface area contributed by atoms with E-state index in [0.717, 1.165) is 12.8 Å². The van der Waals surface area contributed by atoms with Gasteiger partial charge in [0, 0.05) is 17.3 Å². The lowest BCUT2D eigenvalue weighted by atomic mass is 10.0. The summed E-state index contributed by atoms with van der Waals surface area (Å²) in [6.45, 7) is 6.16. The van der Waals surface area contributed by atoms with Crippen molar-refractivity contribution in [2.45, 2.75) is 45.7 Å². The quantitative estimate of drug-likeness (QED) is 0.817. The first-order chi connectivity index (χ1) is 7.99. The summed E-state index contributed by atoms with van der Waals surface area (Å²) in [7, 11) is 0. The van der Waals surface area contributed by atoms with Crippen molar-refractivity contribution in [3.05, 3.63) is 22.4 Å². The van der Waals surface area contributed by atoms with Gasteiger partial charge in [-0.1, -0.05) is 19.9 Å². The van der Waals surface area contributed by atoms with Crippen molar-refractivity contribution in [1.29, 1.82) is 0 Å². The molecule has 0 aliphatic rings. The Balaban J connectivity index is 2.35. The van der Waals surface area contributed by atoms with Gasteiger partial charge in [0.15, 0.2) is 0 Å². The van der Waals surface area contributed by atoms with Crippen molar-refractivity contribution in [2.24, 2.45) is 11.7 Å². The topological polar surface area (TPSA) is 55.1 Å². The first kappa shape index (κ1) is 14.2. The maximum Gasteiger partial charge on any atom is 0.237 e. The van der Waals surface area contributed by atoms with Gasteiger partial charge >= 0.3 is 0 Å². The van der Waals surface area contributed by atoms with Crippen molar-refractivity contribution < 1.29 is 4.79 Å². The Labute approximate surface area is 107 Å². The third kappa shape index (κ3) is 5.33. The molecule has 1 aromatic rings. The normalized spacial score (nSPS) is 14.6. The third-order valence-electron chi connectivity index (χ3n) is 2.54. The van der Waals surface area contributed by atoms with Crippen LogP contribution in [-0.4, -0.2) is 18.0 Å². The molecule has 0 spiro atoms. The molecule has 4 heteroatoms. The summed E-state index contributed by atoms with van der Waals surface area (Å²) in [6, 6.07) is 3.86. The minimum atomic E-state index is -0.388. The van der Waals surface area contributed by atoms with Crippen molar-refractivity contribution in [1.82, 2.24) is 5.32 Å². The van der Waals surface area contributed by atoms with E-state index >= 15 is 0 Å². The predicted molar refractivity (Wildman–Crippen MR) is 73.1 cm³/mol. The van der Waals surface area contributed by atoms with E-state index in [2.05, 4.69) is 25.2 Å². The van der Waals surface area contributed by atoms with Crippen molar-refractivity contribution >= 4 is 17.2 Å². The number of amides is 1. The third-order valence-corrected chi connectivity index (χ3v) is 3.44. The average Bonchev–Trinajstić information content (AvgIpc) is 2.68. The van der Waals surface area contributed by atoms with Gasteiger partial charge in [0.2, 0.25) is 5.91 Å². The fourth-order valence-electron chi connectivity index (χ4n) is 1.75. The molecule has 0 aliphatic carbocycles. The molecular weight excluding hydrogens is 232 g/mol. The highest BCUT2D eigenvalue weighted by Crippen LogP contribution is 2.11. The first-order valence-corrected chi connectivity index (χ1v) is 6.95. The van der Waals surface area contributed by atoms with E-state index in [1.165, 1.54) is 4.88 Å². The van der Waals surface area contributed by atoms with Crippen LogP contribution >= 0.6 is 11.3 Å². The molecular formula is C13H22N2OS. The van der Waals surface area contributed by atoms with Crippen LogP contribution in [0.15, 0.2) is 17.5 Å². The SMILES string of the molecule is CC(C)CC(N)C(=O)NC(C)Cc1cccs1. The van der Waals surface area contributed by atoms with Crippen LogP contribution in [0.2, 0.25) is 0 Å². The minimum Gasteiger partial charge on any atom is -0.352 e. The monoisotopic (exact) mass is 254 g/mol. The Hall–Kier alpha value is -0.870. The number of thiophene rings is 1. The van der Waals surface area contributed by atoms with Crippen LogP contribution in [0, 0.1) is 5.92 Å². The zero-order chi connectivity index (χ0) is 12.8. The molecule has 3 N–H and O–H groups in total. The highest BCUT2D eigenvalue weighted by atomic mass is 32.1. The Morgan fingerprint density at radius 2 is 2.18 bits per heavy atom. The molecule has 0 saturated heterocycles. The van der Waals surface area contributed by atoms with Crippen LogP contribution in [0.3, 0.4) is 0 Å². The molecule has 3 nitrogen and oxygen atoms in total. The number of carbonyl (C=O) groups is 1. The van der Waals surface area contributed by atoms with Gasteiger partial charge in [0.05, 0.1) is 6.04 Å². The maximum atomic E-state index is 11.8. The number of nitrogens with two attached hydrogens (primary N) is 1. The second-order valence-electron chi connectivity index (χ2n) is 4.93. The van der Waals surface area contributed by atoms with Crippen LogP contribution < -0.4 is 11.1 Å². The molecule has 1 aromatic heterocycles. The molecule has 0 fully saturated rings. The summed E-state index contributed by atoms with van der Waals surface area (Å²) in [6.07, 6.45) is 1.61. The number of hydrogen-bond donors (Lipinski definition) is 2. The summed E-state index contributed by atoms with van der Waals surface area (Å²) in [5.74, 6) is 0.408. The Kier molecular flexibility index (Phi) is 5.65. The first-order valence-electron chi connectivity index (χ1n) is 6.07. The Morgan fingerprint density at radius 3 is 2.71 bits per heavy atom. The number of rotatable bonds is 6. The van der Waals surface area contributed by atoms with E-state index < -0.39 is 0 Å². The van der Waals surface area contributed by atoms with Crippen molar-refractivity contribution in [2.75, 3.05) is 0 Å². The molecule has 17 heavy (non-hydrogen) atoms. The second kappa shape index (κ2) is 6.77. The van der Waals surface area contributed by atoms with Crippen LogP contribution in [0.1, 0.15) is 32.1 Å². The Bertz CT molecular complexity index is 335. The zero-order valence-electron chi connectivity index (χ0n) is 10.8. The van der Waals surface area contributed by atoms with E-state index in [0.29, 0.717) is 5.92 Å². The standard InChI is InChI=1S/C13H22N2OS/c1-9(2)7-12(14)13(16)15-10(3)8-11-5-4-6-17-11/h4-6,9-10,12H,7-8,14H2,1-3H3,(H,15,16). The van der Waals surface area contributed by atoms with E-state index in [4.69, 9.17) is 5.73 Å². The van der Waals surface area contributed by atoms with Gasteiger partial charge < -0.3 is 11.1 Å². The number of carbonyl (C=O) groups excluding carboxylic acids is 1. The largest absolute Gasteiger partial charge is 0.352 e. The maximum absolute atomic E-state index is 11.8. The van der Waals surface area contributed by atoms with E-state index in [-0.39, 0.29) is 18.0 Å². The number of hydrogen-bond acceptors (Lipinski definition) is 3.